The van der Waals surface area contributed by atoms with Gasteiger partial charge in [0.25, 0.3) is 0 Å². The average Bonchev–Trinajstić information content (AvgIpc) is 2.18. The number of carboxylic acid groups (broad SMARTS) is 1. The van der Waals surface area contributed by atoms with E-state index in [9.17, 15) is 18.7 Å². The number of rotatable bonds is 2. The Bertz CT molecular complexity index is 472. The molecule has 92 valence electrons. The molecule has 3 nitrogen and oxygen atoms in total. The monoisotopic (exact) mass is 306 g/mol. The molecule has 17 heavy (non-hydrogen) atoms. The summed E-state index contributed by atoms with van der Waals surface area (Å²) in [6, 6.07) is 0.780. The van der Waals surface area contributed by atoms with Crippen molar-refractivity contribution >= 4 is 21.9 Å². The number of carbonyl (C=O) groups is 1. The summed E-state index contributed by atoms with van der Waals surface area (Å²) < 4.78 is 26.9. The van der Waals surface area contributed by atoms with Gasteiger partial charge < -0.3 is 10.2 Å². The van der Waals surface area contributed by atoms with Gasteiger partial charge in [0.1, 0.15) is 5.75 Å². The maximum atomic E-state index is 13.7. The van der Waals surface area contributed by atoms with Gasteiger partial charge in [0.15, 0.2) is 11.6 Å². The minimum absolute atomic E-state index is 0.0427. The van der Waals surface area contributed by atoms with Gasteiger partial charge in [0.2, 0.25) is 0 Å². The van der Waals surface area contributed by atoms with Gasteiger partial charge >= 0.3 is 5.97 Å². The first-order chi connectivity index (χ1) is 7.90. The number of aromatic hydroxyl groups is 1. The van der Waals surface area contributed by atoms with Crippen molar-refractivity contribution in [2.45, 2.75) is 24.7 Å². The smallest absolute Gasteiger partial charge is 0.314 e. The lowest BCUT2D eigenvalue weighted by atomic mass is 9.64. The van der Waals surface area contributed by atoms with Gasteiger partial charge in [-0.15, -0.1) is 0 Å². The average molecular weight is 307 g/mol. The maximum Gasteiger partial charge on any atom is 0.314 e. The zero-order valence-corrected chi connectivity index (χ0v) is 10.2. The van der Waals surface area contributed by atoms with Crippen molar-refractivity contribution in [2.75, 3.05) is 0 Å². The van der Waals surface area contributed by atoms with Crippen molar-refractivity contribution < 1.29 is 23.8 Å². The lowest BCUT2D eigenvalue weighted by molar-refractivity contribution is -0.147. The van der Waals surface area contributed by atoms with E-state index in [1.165, 1.54) is 0 Å². The third kappa shape index (κ3) is 1.62. The lowest BCUT2D eigenvalue weighted by Gasteiger charge is -2.38. The molecule has 1 aromatic carbocycles. The van der Waals surface area contributed by atoms with Crippen molar-refractivity contribution in [3.63, 3.8) is 0 Å². The highest BCUT2D eigenvalue weighted by atomic mass is 79.9. The Balaban J connectivity index is 2.70. The second-order valence-corrected chi connectivity index (χ2v) is 4.97. The molecular weight excluding hydrogens is 298 g/mol. The second-order valence-electron chi connectivity index (χ2n) is 4.12. The Morgan fingerprint density at radius 2 is 2.00 bits per heavy atom. The molecule has 1 aromatic rings. The first-order valence-corrected chi connectivity index (χ1v) is 5.80. The van der Waals surface area contributed by atoms with Crippen LogP contribution in [0.25, 0.3) is 0 Å². The minimum Gasteiger partial charge on any atom is -0.506 e. The number of hydrogen-bond acceptors (Lipinski definition) is 2. The number of carboxylic acids is 1. The summed E-state index contributed by atoms with van der Waals surface area (Å²) in [4.78, 5) is 11.2. The highest BCUT2D eigenvalue weighted by Gasteiger charge is 2.50. The van der Waals surface area contributed by atoms with E-state index in [1.54, 1.807) is 0 Å². The topological polar surface area (TPSA) is 57.5 Å². The third-order valence-electron chi connectivity index (χ3n) is 3.24. The normalized spacial score (nSPS) is 17.6. The van der Waals surface area contributed by atoms with Gasteiger partial charge in [-0.3, -0.25) is 4.79 Å². The summed E-state index contributed by atoms with van der Waals surface area (Å²) in [5, 5.41) is 18.9. The van der Waals surface area contributed by atoms with Crippen LogP contribution in [0, 0.1) is 11.6 Å². The van der Waals surface area contributed by atoms with Crippen LogP contribution in [0.5, 0.6) is 5.75 Å². The van der Waals surface area contributed by atoms with Crippen LogP contribution >= 0.6 is 15.9 Å². The van der Waals surface area contributed by atoms with Crippen molar-refractivity contribution in [1.29, 1.82) is 0 Å². The minimum atomic E-state index is -1.50. The fourth-order valence-electron chi connectivity index (χ4n) is 2.12. The van der Waals surface area contributed by atoms with Crippen molar-refractivity contribution in [3.8, 4) is 5.75 Å². The van der Waals surface area contributed by atoms with Crippen LogP contribution in [-0.2, 0) is 10.2 Å². The molecule has 0 aliphatic heterocycles. The summed E-state index contributed by atoms with van der Waals surface area (Å²) >= 11 is 2.88. The predicted octanol–water partition coefficient (Wildman–Crippen LogP) is 2.94. The van der Waals surface area contributed by atoms with E-state index in [2.05, 4.69) is 15.9 Å². The second kappa shape index (κ2) is 3.94. The molecular formula is C11H9BrF2O3. The molecule has 1 fully saturated rings. The van der Waals surface area contributed by atoms with Crippen LogP contribution in [-0.4, -0.2) is 16.2 Å². The molecule has 0 saturated heterocycles. The van der Waals surface area contributed by atoms with Crippen LogP contribution in [0.15, 0.2) is 10.5 Å². The molecule has 0 spiro atoms. The van der Waals surface area contributed by atoms with E-state index in [0.29, 0.717) is 6.42 Å². The summed E-state index contributed by atoms with van der Waals surface area (Å²) in [6.45, 7) is 0. The number of phenols is 1. The number of benzene rings is 1. The maximum absolute atomic E-state index is 13.7. The number of hydrogen-bond donors (Lipinski definition) is 2. The zero-order valence-electron chi connectivity index (χ0n) is 8.64. The molecule has 0 heterocycles. The Hall–Kier alpha value is -1.17. The fourth-order valence-corrected chi connectivity index (χ4v) is 2.52. The Kier molecular flexibility index (Phi) is 2.85. The van der Waals surface area contributed by atoms with Crippen LogP contribution in [0.3, 0.4) is 0 Å². The number of halogens is 3. The Morgan fingerprint density at radius 1 is 1.41 bits per heavy atom. The van der Waals surface area contributed by atoms with Gasteiger partial charge in [-0.1, -0.05) is 6.42 Å². The molecule has 0 radical (unpaired) electrons. The molecule has 1 aliphatic carbocycles. The third-order valence-corrected chi connectivity index (χ3v) is 3.85. The van der Waals surface area contributed by atoms with Gasteiger partial charge in [0.05, 0.1) is 15.5 Å². The van der Waals surface area contributed by atoms with Gasteiger partial charge in [0, 0.05) is 0 Å². The van der Waals surface area contributed by atoms with E-state index < -0.39 is 34.3 Å². The van der Waals surface area contributed by atoms with E-state index in [1.807, 2.05) is 0 Å². The zero-order chi connectivity index (χ0) is 12.8. The van der Waals surface area contributed by atoms with E-state index in [-0.39, 0.29) is 17.3 Å². The standard InChI is InChI=1S/C11H9BrF2O3/c12-5-4-6(13)8(14)7(9(5)15)11(10(16)17)2-1-3-11/h4,15H,1-3H2,(H,16,17). The molecule has 0 bridgehead atoms. The summed E-state index contributed by atoms with van der Waals surface area (Å²) in [5.74, 6) is -4.23. The molecule has 1 aliphatic rings. The van der Waals surface area contributed by atoms with Crippen LogP contribution in [0.4, 0.5) is 8.78 Å². The molecule has 0 aromatic heterocycles. The van der Waals surface area contributed by atoms with Crippen molar-refractivity contribution in [1.82, 2.24) is 0 Å². The SMILES string of the molecule is O=C(O)C1(c2c(O)c(Br)cc(F)c2F)CCC1. The summed E-state index contributed by atoms with van der Waals surface area (Å²) in [7, 11) is 0. The van der Waals surface area contributed by atoms with Crippen LogP contribution < -0.4 is 0 Å². The predicted molar refractivity (Wildman–Crippen MR) is 58.9 cm³/mol. The fraction of sp³-hybridized carbons (Fsp3) is 0.364. The van der Waals surface area contributed by atoms with Gasteiger partial charge in [-0.25, -0.2) is 8.78 Å². The van der Waals surface area contributed by atoms with Gasteiger partial charge in [-0.2, -0.15) is 0 Å². The molecule has 0 atom stereocenters. The summed E-state index contributed by atoms with van der Waals surface area (Å²) in [5.41, 5.74) is -1.96. The molecule has 2 rings (SSSR count). The van der Waals surface area contributed by atoms with Crippen LogP contribution in [0.1, 0.15) is 24.8 Å². The largest absolute Gasteiger partial charge is 0.506 e. The molecule has 0 amide bonds. The Morgan fingerprint density at radius 3 is 2.41 bits per heavy atom. The van der Waals surface area contributed by atoms with Gasteiger partial charge in [-0.05, 0) is 34.8 Å². The molecule has 0 unspecified atom stereocenters. The number of phenolic OH excluding ortho intramolecular Hbond substituents is 1. The summed E-state index contributed by atoms with van der Waals surface area (Å²) in [6.07, 6.45) is 1.00. The van der Waals surface area contributed by atoms with Crippen LogP contribution in [0.2, 0.25) is 0 Å². The lowest BCUT2D eigenvalue weighted by Crippen LogP contribution is -2.43. The Labute approximate surface area is 104 Å². The highest BCUT2D eigenvalue weighted by Crippen LogP contribution is 2.50. The first-order valence-electron chi connectivity index (χ1n) is 5.00. The quantitative estimate of drug-likeness (QED) is 0.826. The van der Waals surface area contributed by atoms with Crippen molar-refractivity contribution in [2.24, 2.45) is 0 Å². The molecule has 2 N–H and O–H groups in total. The van der Waals surface area contributed by atoms with E-state index >= 15 is 0 Å². The number of aliphatic carboxylic acids is 1. The van der Waals surface area contributed by atoms with E-state index in [0.717, 1.165) is 6.07 Å². The molecule has 1 saturated carbocycles. The first kappa shape index (κ1) is 12.3. The van der Waals surface area contributed by atoms with E-state index in [4.69, 9.17) is 5.11 Å². The molecule has 6 heteroatoms. The van der Waals surface area contributed by atoms with Crippen molar-refractivity contribution in [3.05, 3.63) is 27.7 Å². The highest BCUT2D eigenvalue weighted by molar-refractivity contribution is 9.10.